The summed E-state index contributed by atoms with van der Waals surface area (Å²) in [5, 5.41) is 0. The molecule has 0 aromatic rings. The first-order valence-electron chi connectivity index (χ1n) is 6.46. The van der Waals surface area contributed by atoms with Crippen LogP contribution >= 0.6 is 0 Å². The Labute approximate surface area is 112 Å². The van der Waals surface area contributed by atoms with Crippen molar-refractivity contribution < 1.29 is 14.0 Å². The summed E-state index contributed by atoms with van der Waals surface area (Å²) in [6, 6.07) is 0. The second-order valence-electron chi connectivity index (χ2n) is 6.00. The summed E-state index contributed by atoms with van der Waals surface area (Å²) in [5.74, 6) is -0.143. The number of carbonyl (C=O) groups excluding carboxylic acids is 1. The fourth-order valence-corrected chi connectivity index (χ4v) is 1.40. The number of ether oxygens (including phenoxy) is 1. The number of hydrogen-bond donors (Lipinski definition) is 0. The van der Waals surface area contributed by atoms with Gasteiger partial charge in [-0.2, -0.15) is 0 Å². The molecule has 0 atom stereocenters. The molecule has 0 saturated heterocycles. The molecule has 0 aliphatic carbocycles. The van der Waals surface area contributed by atoms with Crippen LogP contribution in [0.15, 0.2) is 23.3 Å². The zero-order valence-electron chi connectivity index (χ0n) is 12.7. The zero-order chi connectivity index (χ0) is 14.2. The normalized spacial score (nSPS) is 12.2. The van der Waals surface area contributed by atoms with Gasteiger partial charge in [0.15, 0.2) is 6.54 Å². The summed E-state index contributed by atoms with van der Waals surface area (Å²) in [6.07, 6.45) is 6.29. The Kier molecular flexibility index (Phi) is 7.60. The van der Waals surface area contributed by atoms with E-state index in [1.165, 1.54) is 11.1 Å². The molecule has 0 radical (unpaired) electrons. The lowest BCUT2D eigenvalue weighted by Crippen LogP contribution is -2.40. The Morgan fingerprint density at radius 2 is 1.72 bits per heavy atom. The average Bonchev–Trinajstić information content (AvgIpc) is 2.13. The Bertz CT molecular complexity index is 318. The standard InChI is InChI=1S/C15H28NO2/c1-13(2)8-7-9-14(3)10-11-18-15(17)12-16(4,5)6/h8,10H,7,9,11-12H2,1-6H3/q+1/b14-10+. The minimum Gasteiger partial charge on any atom is -0.457 e. The van der Waals surface area contributed by atoms with E-state index in [1.807, 2.05) is 27.2 Å². The highest BCUT2D eigenvalue weighted by Gasteiger charge is 2.14. The van der Waals surface area contributed by atoms with E-state index in [4.69, 9.17) is 4.74 Å². The predicted octanol–water partition coefficient (Wildman–Crippen LogP) is 2.93. The molecule has 0 aromatic carbocycles. The van der Waals surface area contributed by atoms with Crippen molar-refractivity contribution in [1.29, 1.82) is 0 Å². The van der Waals surface area contributed by atoms with Crippen LogP contribution in [0.4, 0.5) is 0 Å². The van der Waals surface area contributed by atoms with E-state index in [0.717, 1.165) is 12.8 Å². The fraction of sp³-hybridized carbons (Fsp3) is 0.667. The molecule has 18 heavy (non-hydrogen) atoms. The largest absolute Gasteiger partial charge is 0.457 e. The van der Waals surface area contributed by atoms with Gasteiger partial charge in [-0.3, -0.25) is 0 Å². The van der Waals surface area contributed by atoms with Crippen LogP contribution in [0, 0.1) is 0 Å². The van der Waals surface area contributed by atoms with Gasteiger partial charge < -0.3 is 9.22 Å². The smallest absolute Gasteiger partial charge is 0.362 e. The Morgan fingerprint density at radius 1 is 1.11 bits per heavy atom. The van der Waals surface area contributed by atoms with Crippen molar-refractivity contribution in [2.45, 2.75) is 33.6 Å². The van der Waals surface area contributed by atoms with E-state index >= 15 is 0 Å². The van der Waals surface area contributed by atoms with Gasteiger partial charge in [0, 0.05) is 0 Å². The molecule has 104 valence electrons. The third-order valence-electron chi connectivity index (χ3n) is 2.37. The summed E-state index contributed by atoms with van der Waals surface area (Å²) in [7, 11) is 5.92. The average molecular weight is 254 g/mol. The summed E-state index contributed by atoms with van der Waals surface area (Å²) in [5.41, 5.74) is 2.61. The maximum absolute atomic E-state index is 11.5. The van der Waals surface area contributed by atoms with Crippen LogP contribution in [0.25, 0.3) is 0 Å². The number of quaternary nitrogens is 1. The monoisotopic (exact) mass is 254 g/mol. The van der Waals surface area contributed by atoms with Gasteiger partial charge in [0.05, 0.1) is 21.1 Å². The number of allylic oxidation sites excluding steroid dienone is 3. The molecule has 0 fully saturated rings. The fourth-order valence-electron chi connectivity index (χ4n) is 1.40. The van der Waals surface area contributed by atoms with E-state index < -0.39 is 0 Å². The van der Waals surface area contributed by atoms with E-state index in [2.05, 4.69) is 26.8 Å². The van der Waals surface area contributed by atoms with Crippen LogP contribution in [0.1, 0.15) is 33.6 Å². The van der Waals surface area contributed by atoms with Gasteiger partial charge in [0.1, 0.15) is 6.61 Å². The van der Waals surface area contributed by atoms with Crippen LogP contribution in [-0.2, 0) is 9.53 Å². The number of hydrogen-bond acceptors (Lipinski definition) is 2. The topological polar surface area (TPSA) is 26.3 Å². The van der Waals surface area contributed by atoms with E-state index in [9.17, 15) is 4.79 Å². The van der Waals surface area contributed by atoms with Crippen molar-refractivity contribution in [1.82, 2.24) is 0 Å². The summed E-state index contributed by atoms with van der Waals surface area (Å²) < 4.78 is 5.77. The molecular weight excluding hydrogens is 226 g/mol. The summed E-state index contributed by atoms with van der Waals surface area (Å²) in [4.78, 5) is 11.5. The summed E-state index contributed by atoms with van der Waals surface area (Å²) >= 11 is 0. The van der Waals surface area contributed by atoms with Crippen molar-refractivity contribution >= 4 is 5.97 Å². The van der Waals surface area contributed by atoms with Gasteiger partial charge in [-0.05, 0) is 39.7 Å². The van der Waals surface area contributed by atoms with Crippen molar-refractivity contribution in [2.75, 3.05) is 34.3 Å². The first kappa shape index (κ1) is 16.9. The van der Waals surface area contributed by atoms with Crippen LogP contribution in [0.5, 0.6) is 0 Å². The molecule has 0 bridgehead atoms. The highest BCUT2D eigenvalue weighted by molar-refractivity contribution is 5.70. The molecular formula is C15H28NO2+. The molecule has 0 spiro atoms. The maximum atomic E-state index is 11.5. The third-order valence-corrected chi connectivity index (χ3v) is 2.37. The van der Waals surface area contributed by atoms with Crippen LogP contribution in [-0.4, -0.2) is 44.7 Å². The molecule has 0 unspecified atom stereocenters. The molecule has 0 amide bonds. The molecule has 0 rings (SSSR count). The van der Waals surface area contributed by atoms with Gasteiger partial charge >= 0.3 is 5.97 Å². The quantitative estimate of drug-likeness (QED) is 0.397. The maximum Gasteiger partial charge on any atom is 0.362 e. The van der Waals surface area contributed by atoms with Crippen LogP contribution in [0.3, 0.4) is 0 Å². The Balaban J connectivity index is 3.87. The van der Waals surface area contributed by atoms with E-state index in [0.29, 0.717) is 17.6 Å². The second-order valence-corrected chi connectivity index (χ2v) is 6.00. The predicted molar refractivity (Wildman–Crippen MR) is 76.3 cm³/mol. The molecule has 3 nitrogen and oxygen atoms in total. The van der Waals surface area contributed by atoms with Gasteiger partial charge in [0.2, 0.25) is 0 Å². The number of nitrogens with zero attached hydrogens (tertiary/aromatic N) is 1. The van der Waals surface area contributed by atoms with Crippen LogP contribution in [0.2, 0.25) is 0 Å². The van der Waals surface area contributed by atoms with Crippen LogP contribution < -0.4 is 0 Å². The minimum absolute atomic E-state index is 0.143. The number of rotatable bonds is 7. The molecule has 0 N–H and O–H groups in total. The third kappa shape index (κ3) is 11.4. The van der Waals surface area contributed by atoms with Crippen molar-refractivity contribution in [3.05, 3.63) is 23.3 Å². The lowest BCUT2D eigenvalue weighted by atomic mass is 10.1. The van der Waals surface area contributed by atoms with Crippen molar-refractivity contribution in [3.8, 4) is 0 Å². The van der Waals surface area contributed by atoms with Gasteiger partial charge in [-0.25, -0.2) is 4.79 Å². The SMILES string of the molecule is CC(C)=CCC/C(C)=C/COC(=O)C[N+](C)(C)C. The first-order valence-corrected chi connectivity index (χ1v) is 6.46. The number of esters is 1. The molecule has 0 aliphatic heterocycles. The number of likely N-dealkylation sites (N-methyl/N-ethyl adjacent to an activating group) is 1. The van der Waals surface area contributed by atoms with Gasteiger partial charge in [-0.15, -0.1) is 0 Å². The molecule has 0 aliphatic rings. The number of carbonyl (C=O) groups is 1. The molecule has 0 saturated carbocycles. The highest BCUT2D eigenvalue weighted by atomic mass is 16.5. The Morgan fingerprint density at radius 3 is 2.22 bits per heavy atom. The van der Waals surface area contributed by atoms with Gasteiger partial charge in [0.25, 0.3) is 0 Å². The Hall–Kier alpha value is -1.09. The van der Waals surface area contributed by atoms with E-state index in [-0.39, 0.29) is 5.97 Å². The molecule has 0 aromatic heterocycles. The first-order chi connectivity index (χ1) is 8.20. The molecule has 0 heterocycles. The lowest BCUT2D eigenvalue weighted by Gasteiger charge is -2.22. The zero-order valence-corrected chi connectivity index (χ0v) is 12.7. The molecule has 3 heteroatoms. The van der Waals surface area contributed by atoms with Crippen molar-refractivity contribution in [3.63, 3.8) is 0 Å². The van der Waals surface area contributed by atoms with Crippen molar-refractivity contribution in [2.24, 2.45) is 0 Å². The van der Waals surface area contributed by atoms with E-state index in [1.54, 1.807) is 0 Å². The summed E-state index contributed by atoms with van der Waals surface area (Å²) in [6.45, 7) is 7.08. The minimum atomic E-state index is -0.143. The highest BCUT2D eigenvalue weighted by Crippen LogP contribution is 2.06. The lowest BCUT2D eigenvalue weighted by molar-refractivity contribution is -0.862. The van der Waals surface area contributed by atoms with Gasteiger partial charge in [-0.1, -0.05) is 17.2 Å². The second kappa shape index (κ2) is 8.09.